The molecule has 0 bridgehead atoms. The summed E-state index contributed by atoms with van der Waals surface area (Å²) in [5.41, 5.74) is -1.32. The van der Waals surface area contributed by atoms with Gasteiger partial charge in [-0.05, 0) is 25.7 Å². The Kier molecular flexibility index (Phi) is 9.98. The summed E-state index contributed by atoms with van der Waals surface area (Å²) in [6, 6.07) is 2.86. The Morgan fingerprint density at radius 3 is 1.89 bits per heavy atom. The summed E-state index contributed by atoms with van der Waals surface area (Å²) in [7, 11) is 7.33. The van der Waals surface area contributed by atoms with Crippen LogP contribution in [0.2, 0.25) is 0 Å². The molecule has 2 aromatic heterocycles. The summed E-state index contributed by atoms with van der Waals surface area (Å²) in [4.78, 5) is 61.1. The van der Waals surface area contributed by atoms with E-state index in [0.717, 1.165) is 25.7 Å². The highest BCUT2D eigenvalue weighted by atomic mass is 16.2. The van der Waals surface area contributed by atoms with Crippen LogP contribution in [-0.4, -0.2) is 69.4 Å². The molecule has 0 spiro atoms. The van der Waals surface area contributed by atoms with E-state index in [2.05, 4.69) is 15.0 Å². The molecule has 1 aliphatic rings. The number of H-pyrrole nitrogens is 1. The molecular weight excluding hydrogens is 452 g/mol. The van der Waals surface area contributed by atoms with E-state index in [1.165, 1.54) is 21.3 Å². The highest BCUT2D eigenvalue weighted by Crippen LogP contribution is 2.32. The molecule has 0 radical (unpaired) electrons. The molecule has 0 saturated heterocycles. The standard InChI is InChI=1S/C13H20N4O2.C10H16N4O2/c1-4-7-16-11(14-9-15(2)3)8-12(18)17(13(16)19)10-5-6-10;1-4-5-14-8(11-7-13(2)3)6-9(15)12-10(14)16/h8-10H,4-7H2,1-3H3;6-7H,4-5H2,1-3H3,(H,12,15,16). The smallest absolute Gasteiger partial charge is 0.332 e. The van der Waals surface area contributed by atoms with Crippen LogP contribution < -0.4 is 22.5 Å². The first-order valence-corrected chi connectivity index (χ1v) is 11.7. The van der Waals surface area contributed by atoms with Gasteiger partial charge in [0.15, 0.2) is 0 Å². The second-order valence-electron chi connectivity index (χ2n) is 8.74. The fourth-order valence-corrected chi connectivity index (χ4v) is 3.19. The normalized spacial score (nSPS) is 13.2. The Morgan fingerprint density at radius 2 is 1.40 bits per heavy atom. The molecule has 0 aliphatic heterocycles. The average Bonchev–Trinajstić information content (AvgIpc) is 3.60. The molecule has 2 aromatic rings. The van der Waals surface area contributed by atoms with Gasteiger partial charge in [0.25, 0.3) is 11.1 Å². The van der Waals surface area contributed by atoms with Crippen molar-refractivity contribution in [3.63, 3.8) is 0 Å². The van der Waals surface area contributed by atoms with Gasteiger partial charge in [0.1, 0.15) is 11.6 Å². The Bertz CT molecular complexity index is 1280. The van der Waals surface area contributed by atoms with Gasteiger partial charge < -0.3 is 9.80 Å². The molecule has 1 fully saturated rings. The maximum Gasteiger partial charge on any atom is 0.332 e. The van der Waals surface area contributed by atoms with Crippen molar-refractivity contribution in [1.29, 1.82) is 0 Å². The van der Waals surface area contributed by atoms with Gasteiger partial charge in [-0.1, -0.05) is 13.8 Å². The summed E-state index contributed by atoms with van der Waals surface area (Å²) in [6.07, 6.45) is 6.62. The van der Waals surface area contributed by atoms with Crippen molar-refractivity contribution in [1.82, 2.24) is 28.5 Å². The fourth-order valence-electron chi connectivity index (χ4n) is 3.19. The number of aromatic nitrogens is 4. The minimum absolute atomic E-state index is 0.0926. The van der Waals surface area contributed by atoms with Gasteiger partial charge in [-0.2, -0.15) is 0 Å². The van der Waals surface area contributed by atoms with Crippen LogP contribution in [0.15, 0.2) is 41.3 Å². The summed E-state index contributed by atoms with van der Waals surface area (Å²) >= 11 is 0. The molecule has 0 unspecified atom stereocenters. The summed E-state index contributed by atoms with van der Waals surface area (Å²) in [5.74, 6) is 0.812. The second-order valence-corrected chi connectivity index (χ2v) is 8.74. The molecular formula is C23H36N8O4. The lowest BCUT2D eigenvalue weighted by molar-refractivity contribution is 0.556. The summed E-state index contributed by atoms with van der Waals surface area (Å²) in [6.45, 7) is 5.07. The molecule has 12 nitrogen and oxygen atoms in total. The highest BCUT2D eigenvalue weighted by molar-refractivity contribution is 5.59. The zero-order valence-corrected chi connectivity index (χ0v) is 21.4. The fraction of sp³-hybridized carbons (Fsp3) is 0.565. The average molecular weight is 489 g/mol. The van der Waals surface area contributed by atoms with Crippen LogP contribution in [0.1, 0.15) is 45.6 Å². The van der Waals surface area contributed by atoms with Crippen LogP contribution >= 0.6 is 0 Å². The predicted molar refractivity (Wildman–Crippen MR) is 139 cm³/mol. The molecule has 3 rings (SSSR count). The van der Waals surface area contributed by atoms with Crippen LogP contribution in [-0.2, 0) is 13.1 Å². The lowest BCUT2D eigenvalue weighted by atomic mass is 10.4. The van der Waals surface area contributed by atoms with Gasteiger partial charge in [-0.3, -0.25) is 28.3 Å². The first kappa shape index (κ1) is 27.5. The molecule has 0 aromatic carbocycles. The third kappa shape index (κ3) is 7.94. The number of nitrogens with zero attached hydrogens (tertiary/aromatic N) is 7. The Labute approximate surface area is 203 Å². The van der Waals surface area contributed by atoms with Crippen LogP contribution in [0, 0.1) is 0 Å². The van der Waals surface area contributed by atoms with E-state index < -0.39 is 11.2 Å². The topological polar surface area (TPSA) is 130 Å². The van der Waals surface area contributed by atoms with Crippen molar-refractivity contribution in [2.45, 2.75) is 58.7 Å². The molecule has 0 amide bonds. The van der Waals surface area contributed by atoms with Crippen molar-refractivity contribution in [3.8, 4) is 0 Å². The lowest BCUT2D eigenvalue weighted by Crippen LogP contribution is -2.38. The number of aromatic amines is 1. The van der Waals surface area contributed by atoms with E-state index >= 15 is 0 Å². The van der Waals surface area contributed by atoms with Gasteiger partial charge in [0.05, 0.1) is 12.7 Å². The number of rotatable bonds is 9. The number of hydrogen-bond donors (Lipinski definition) is 1. The third-order valence-electron chi connectivity index (χ3n) is 4.86. The van der Waals surface area contributed by atoms with Crippen molar-refractivity contribution >= 4 is 24.3 Å². The largest absolute Gasteiger partial charge is 0.369 e. The van der Waals surface area contributed by atoms with E-state index in [1.807, 2.05) is 42.0 Å². The van der Waals surface area contributed by atoms with Gasteiger partial charge in [0.2, 0.25) is 0 Å². The maximum absolute atomic E-state index is 12.4. The third-order valence-corrected chi connectivity index (χ3v) is 4.86. The highest BCUT2D eigenvalue weighted by Gasteiger charge is 2.28. The maximum atomic E-state index is 12.4. The molecule has 12 heteroatoms. The van der Waals surface area contributed by atoms with Crippen LogP contribution in [0.4, 0.5) is 11.6 Å². The minimum atomic E-state index is -0.428. The van der Waals surface area contributed by atoms with Crippen LogP contribution in [0.5, 0.6) is 0 Å². The Balaban J connectivity index is 0.000000251. The van der Waals surface area contributed by atoms with E-state index in [0.29, 0.717) is 24.7 Å². The van der Waals surface area contributed by atoms with Crippen molar-refractivity contribution in [2.24, 2.45) is 9.98 Å². The van der Waals surface area contributed by atoms with Crippen LogP contribution in [0.25, 0.3) is 0 Å². The van der Waals surface area contributed by atoms with Crippen molar-refractivity contribution in [3.05, 3.63) is 53.8 Å². The minimum Gasteiger partial charge on any atom is -0.369 e. The van der Waals surface area contributed by atoms with E-state index in [1.54, 1.807) is 27.0 Å². The summed E-state index contributed by atoms with van der Waals surface area (Å²) < 4.78 is 4.39. The molecule has 1 aliphatic carbocycles. The second kappa shape index (κ2) is 12.7. The Morgan fingerprint density at radius 1 is 0.886 bits per heavy atom. The first-order valence-electron chi connectivity index (χ1n) is 11.7. The van der Waals surface area contributed by atoms with E-state index in [-0.39, 0.29) is 17.3 Å². The molecule has 0 atom stereocenters. The molecule has 1 saturated carbocycles. The molecule has 35 heavy (non-hydrogen) atoms. The number of aliphatic imine (C=N–C) groups is 2. The Hall–Kier alpha value is -3.70. The van der Waals surface area contributed by atoms with Crippen molar-refractivity contribution in [2.75, 3.05) is 28.2 Å². The molecule has 2 heterocycles. The van der Waals surface area contributed by atoms with Gasteiger partial charge in [-0.25, -0.2) is 19.6 Å². The van der Waals surface area contributed by atoms with Crippen molar-refractivity contribution < 1.29 is 0 Å². The first-order chi connectivity index (χ1) is 16.6. The monoisotopic (exact) mass is 488 g/mol. The van der Waals surface area contributed by atoms with E-state index in [9.17, 15) is 19.2 Å². The van der Waals surface area contributed by atoms with E-state index in [4.69, 9.17) is 0 Å². The summed E-state index contributed by atoms with van der Waals surface area (Å²) in [5, 5.41) is 0. The van der Waals surface area contributed by atoms with Gasteiger partial charge >= 0.3 is 11.4 Å². The van der Waals surface area contributed by atoms with Gasteiger partial charge in [0, 0.05) is 59.5 Å². The lowest BCUT2D eigenvalue weighted by Gasteiger charge is -2.12. The molecule has 1 N–H and O–H groups in total. The quantitative estimate of drug-likeness (QED) is 0.416. The zero-order valence-electron chi connectivity index (χ0n) is 21.4. The van der Waals surface area contributed by atoms with Gasteiger partial charge in [-0.15, -0.1) is 0 Å². The zero-order chi connectivity index (χ0) is 26.1. The van der Waals surface area contributed by atoms with Crippen LogP contribution in [0.3, 0.4) is 0 Å². The number of hydrogen-bond acceptors (Lipinski definition) is 6. The SMILES string of the molecule is CCCn1c(N=CN(C)C)cc(=O)[nH]c1=O.CCCn1c(N=CN(C)C)cc(=O)n(C2CC2)c1=O. The predicted octanol–water partition coefficient (Wildman–Crippen LogP) is 1.14. The molecule has 192 valence electrons. The number of nitrogens with one attached hydrogen (secondary N) is 1.